The molecule has 2 aromatic carbocycles. The Bertz CT molecular complexity index is 1000. The molecule has 4 rings (SSSR count). The number of aromatic nitrogens is 1. The summed E-state index contributed by atoms with van der Waals surface area (Å²) in [6.45, 7) is 2.15. The number of hydrogen-bond acceptors (Lipinski definition) is 3. The molecular formula is C20H16N2O2S. The summed E-state index contributed by atoms with van der Waals surface area (Å²) in [6, 6.07) is 18.5. The molecule has 2 heterocycles. The first-order valence-corrected chi connectivity index (χ1v) is 8.84. The van der Waals surface area contributed by atoms with Crippen molar-refractivity contribution < 1.29 is 9.59 Å². The van der Waals surface area contributed by atoms with Gasteiger partial charge in [-0.05, 0) is 36.4 Å². The third-order valence-electron chi connectivity index (χ3n) is 4.40. The minimum Gasteiger partial charge on any atom is -0.340 e. The highest BCUT2D eigenvalue weighted by molar-refractivity contribution is 8.18. The van der Waals surface area contributed by atoms with Crippen LogP contribution in [0.2, 0.25) is 0 Å². The molecule has 3 aromatic rings. The predicted molar refractivity (Wildman–Crippen MR) is 101 cm³/mol. The van der Waals surface area contributed by atoms with E-state index in [0.29, 0.717) is 4.91 Å². The van der Waals surface area contributed by atoms with Crippen molar-refractivity contribution in [1.29, 1.82) is 0 Å². The molecule has 0 spiro atoms. The third kappa shape index (κ3) is 2.87. The van der Waals surface area contributed by atoms with Crippen LogP contribution in [0.15, 0.2) is 65.7 Å². The van der Waals surface area contributed by atoms with Gasteiger partial charge in [-0.25, -0.2) is 0 Å². The van der Waals surface area contributed by atoms with Gasteiger partial charge < -0.3 is 4.57 Å². The van der Waals surface area contributed by atoms with Crippen LogP contribution in [0.3, 0.4) is 0 Å². The number of para-hydroxylation sites is 1. The summed E-state index contributed by atoms with van der Waals surface area (Å²) in [5.74, 6) is -0.331. The van der Waals surface area contributed by atoms with Crippen molar-refractivity contribution in [2.75, 3.05) is 0 Å². The van der Waals surface area contributed by atoms with E-state index in [4.69, 9.17) is 0 Å². The van der Waals surface area contributed by atoms with E-state index in [1.54, 1.807) is 6.08 Å². The fraction of sp³-hybridized carbons (Fsp3) is 0.100. The molecule has 4 nitrogen and oxygen atoms in total. The number of carbonyl (C=O) groups is 2. The van der Waals surface area contributed by atoms with E-state index >= 15 is 0 Å². The Morgan fingerprint density at radius 3 is 2.48 bits per heavy atom. The van der Waals surface area contributed by atoms with Crippen LogP contribution in [0, 0.1) is 0 Å². The Labute approximate surface area is 149 Å². The molecule has 25 heavy (non-hydrogen) atoms. The zero-order valence-corrected chi connectivity index (χ0v) is 14.4. The Hall–Kier alpha value is -2.79. The van der Waals surface area contributed by atoms with Crippen molar-refractivity contribution in [3.63, 3.8) is 0 Å². The SMILES string of the molecule is CC(c1ccccc1)n1cc(C=C2SC(=O)NC2=O)c2ccccc21. The molecule has 1 N–H and O–H groups in total. The highest BCUT2D eigenvalue weighted by Gasteiger charge is 2.25. The molecule has 124 valence electrons. The molecule has 1 aromatic heterocycles. The third-order valence-corrected chi connectivity index (χ3v) is 5.21. The molecule has 0 saturated carbocycles. The molecule has 1 aliphatic rings. The van der Waals surface area contributed by atoms with E-state index in [-0.39, 0.29) is 17.2 Å². The monoisotopic (exact) mass is 348 g/mol. The number of hydrogen-bond donors (Lipinski definition) is 1. The summed E-state index contributed by atoms with van der Waals surface area (Å²) in [7, 11) is 0. The molecule has 1 saturated heterocycles. The van der Waals surface area contributed by atoms with Crippen LogP contribution in [0.25, 0.3) is 17.0 Å². The Morgan fingerprint density at radius 2 is 1.76 bits per heavy atom. The van der Waals surface area contributed by atoms with E-state index in [2.05, 4.69) is 35.0 Å². The highest BCUT2D eigenvalue weighted by Crippen LogP contribution is 2.32. The van der Waals surface area contributed by atoms with Crippen molar-refractivity contribution >= 4 is 39.9 Å². The predicted octanol–water partition coefficient (Wildman–Crippen LogP) is 4.57. The lowest BCUT2D eigenvalue weighted by Gasteiger charge is -2.15. The molecule has 0 radical (unpaired) electrons. The molecular weight excluding hydrogens is 332 g/mol. The smallest absolute Gasteiger partial charge is 0.290 e. The maximum atomic E-state index is 11.9. The minimum absolute atomic E-state index is 0.157. The Morgan fingerprint density at radius 1 is 1.04 bits per heavy atom. The number of fused-ring (bicyclic) bond motifs is 1. The van der Waals surface area contributed by atoms with Gasteiger partial charge in [0.05, 0.1) is 10.9 Å². The number of amides is 2. The molecule has 1 atom stereocenters. The number of nitrogens with zero attached hydrogens (tertiary/aromatic N) is 1. The van der Waals surface area contributed by atoms with Crippen molar-refractivity contribution in [1.82, 2.24) is 9.88 Å². The fourth-order valence-corrected chi connectivity index (χ4v) is 3.79. The first-order valence-electron chi connectivity index (χ1n) is 8.03. The zero-order valence-electron chi connectivity index (χ0n) is 13.6. The molecule has 5 heteroatoms. The van der Waals surface area contributed by atoms with Crippen molar-refractivity contribution in [2.24, 2.45) is 0 Å². The first kappa shape index (κ1) is 15.7. The van der Waals surface area contributed by atoms with Gasteiger partial charge in [0.1, 0.15) is 0 Å². The standard InChI is InChI=1S/C20H16N2O2S/c1-13(14-7-3-2-4-8-14)22-12-15(16-9-5-6-10-17(16)22)11-18-19(23)21-20(24)25-18/h2-13H,1H3,(H,21,23,24). The molecule has 0 aliphatic carbocycles. The highest BCUT2D eigenvalue weighted by atomic mass is 32.2. The first-order chi connectivity index (χ1) is 12.1. The molecule has 2 amide bonds. The lowest BCUT2D eigenvalue weighted by atomic mass is 10.1. The second kappa shape index (κ2) is 6.26. The number of rotatable bonds is 3. The lowest BCUT2D eigenvalue weighted by Crippen LogP contribution is -2.17. The summed E-state index contributed by atoms with van der Waals surface area (Å²) >= 11 is 0.943. The van der Waals surface area contributed by atoms with E-state index in [9.17, 15) is 9.59 Å². The number of thioether (sulfide) groups is 1. The van der Waals surface area contributed by atoms with Crippen LogP contribution in [0.5, 0.6) is 0 Å². The molecule has 0 bridgehead atoms. The second-order valence-corrected chi connectivity index (χ2v) is 6.96. The number of imide groups is 1. The molecule has 1 fully saturated rings. The lowest BCUT2D eigenvalue weighted by molar-refractivity contribution is -0.115. The largest absolute Gasteiger partial charge is 0.340 e. The van der Waals surface area contributed by atoms with Crippen LogP contribution in [-0.4, -0.2) is 15.7 Å². The summed E-state index contributed by atoms with van der Waals surface area (Å²) in [5.41, 5.74) is 3.25. The van der Waals surface area contributed by atoms with Crippen LogP contribution in [-0.2, 0) is 4.79 Å². The van der Waals surface area contributed by atoms with Gasteiger partial charge in [-0.2, -0.15) is 0 Å². The van der Waals surface area contributed by atoms with E-state index < -0.39 is 0 Å². The Kier molecular flexibility index (Phi) is 3.93. The van der Waals surface area contributed by atoms with Gasteiger partial charge in [0.2, 0.25) is 0 Å². The van der Waals surface area contributed by atoms with Crippen LogP contribution >= 0.6 is 11.8 Å². The van der Waals surface area contributed by atoms with Crippen LogP contribution in [0.4, 0.5) is 4.79 Å². The average Bonchev–Trinajstić information content (AvgIpc) is 3.15. The van der Waals surface area contributed by atoms with Crippen molar-refractivity contribution in [3.05, 3.63) is 76.8 Å². The van der Waals surface area contributed by atoms with Gasteiger partial charge in [0, 0.05) is 22.7 Å². The van der Waals surface area contributed by atoms with Gasteiger partial charge >= 0.3 is 0 Å². The summed E-state index contributed by atoms with van der Waals surface area (Å²) < 4.78 is 2.20. The van der Waals surface area contributed by atoms with Gasteiger partial charge in [0.25, 0.3) is 11.1 Å². The zero-order chi connectivity index (χ0) is 17.4. The summed E-state index contributed by atoms with van der Waals surface area (Å²) in [5, 5.41) is 3.04. The summed E-state index contributed by atoms with van der Waals surface area (Å²) in [6.07, 6.45) is 3.84. The molecule has 1 aliphatic heterocycles. The average molecular weight is 348 g/mol. The van der Waals surface area contributed by atoms with E-state index in [1.165, 1.54) is 5.56 Å². The minimum atomic E-state index is -0.331. The van der Waals surface area contributed by atoms with Crippen molar-refractivity contribution in [2.45, 2.75) is 13.0 Å². The van der Waals surface area contributed by atoms with Gasteiger partial charge in [0.15, 0.2) is 0 Å². The Balaban J connectivity index is 1.84. The maximum Gasteiger partial charge on any atom is 0.290 e. The normalized spacial score (nSPS) is 17.2. The van der Waals surface area contributed by atoms with E-state index in [1.807, 2.05) is 42.6 Å². The fourth-order valence-electron chi connectivity index (χ4n) is 3.12. The number of carbonyl (C=O) groups excluding carboxylic acids is 2. The van der Waals surface area contributed by atoms with Crippen LogP contribution < -0.4 is 5.32 Å². The quantitative estimate of drug-likeness (QED) is 0.705. The second-order valence-electron chi connectivity index (χ2n) is 5.95. The maximum absolute atomic E-state index is 11.9. The number of nitrogens with one attached hydrogen (secondary N) is 1. The van der Waals surface area contributed by atoms with Gasteiger partial charge in [-0.1, -0.05) is 48.5 Å². The molecule has 1 unspecified atom stereocenters. The topological polar surface area (TPSA) is 51.1 Å². The number of benzene rings is 2. The van der Waals surface area contributed by atoms with Gasteiger partial charge in [-0.3, -0.25) is 14.9 Å². The van der Waals surface area contributed by atoms with E-state index in [0.717, 1.165) is 28.2 Å². The summed E-state index contributed by atoms with van der Waals surface area (Å²) in [4.78, 5) is 23.7. The van der Waals surface area contributed by atoms with Gasteiger partial charge in [-0.15, -0.1) is 0 Å². The van der Waals surface area contributed by atoms with Crippen molar-refractivity contribution in [3.8, 4) is 0 Å². The van der Waals surface area contributed by atoms with Crippen LogP contribution in [0.1, 0.15) is 24.1 Å².